The minimum Gasteiger partial charge on any atom is -0.298 e. The van der Waals surface area contributed by atoms with Crippen molar-refractivity contribution in [2.45, 2.75) is 59.8 Å². The van der Waals surface area contributed by atoms with Crippen LogP contribution in [0.4, 0.5) is 0 Å². The van der Waals surface area contributed by atoms with Crippen LogP contribution in [-0.2, 0) is 4.79 Å². The molecule has 2 rings (SSSR count). The van der Waals surface area contributed by atoms with Crippen molar-refractivity contribution in [2.24, 2.45) is 5.41 Å². The average molecular weight is 322 g/mol. The van der Waals surface area contributed by atoms with Gasteiger partial charge in [-0.25, -0.2) is 0 Å². The summed E-state index contributed by atoms with van der Waals surface area (Å²) in [6.45, 7) is 9.12. The third kappa shape index (κ3) is 5.06. The van der Waals surface area contributed by atoms with Gasteiger partial charge in [-0.1, -0.05) is 67.5 Å². The first-order chi connectivity index (χ1) is 11.4. The van der Waals surface area contributed by atoms with Crippen molar-refractivity contribution < 1.29 is 4.79 Å². The molecule has 1 nitrogen and oxygen atoms in total. The summed E-state index contributed by atoms with van der Waals surface area (Å²) < 4.78 is 0. The second kappa shape index (κ2) is 8.28. The van der Waals surface area contributed by atoms with Crippen molar-refractivity contribution in [3.8, 4) is 0 Å². The van der Waals surface area contributed by atoms with Crippen LogP contribution in [0.25, 0.3) is 0 Å². The molecule has 0 aromatic heterocycles. The minimum atomic E-state index is 0.296. The Kier molecular flexibility index (Phi) is 6.36. The molecule has 0 amide bonds. The summed E-state index contributed by atoms with van der Waals surface area (Å²) >= 11 is 0. The normalized spacial score (nSPS) is 22.1. The van der Waals surface area contributed by atoms with E-state index < -0.39 is 0 Å². The van der Waals surface area contributed by atoms with E-state index in [-0.39, 0.29) is 0 Å². The van der Waals surface area contributed by atoms with Gasteiger partial charge in [0.05, 0.1) is 0 Å². The highest BCUT2D eigenvalue weighted by Crippen LogP contribution is 2.40. The smallest absolute Gasteiger partial charge is 0.146 e. The maximum absolute atomic E-state index is 10.7. The van der Waals surface area contributed by atoms with Gasteiger partial charge in [-0.05, 0) is 68.1 Å². The Morgan fingerprint density at radius 1 is 1.08 bits per heavy atom. The topological polar surface area (TPSA) is 17.1 Å². The van der Waals surface area contributed by atoms with Gasteiger partial charge in [0.25, 0.3) is 0 Å². The fourth-order valence-electron chi connectivity index (χ4n) is 3.51. The van der Waals surface area contributed by atoms with Crippen LogP contribution in [0.5, 0.6) is 0 Å². The standard InChI is InChI=1S/C23H30O/c1-18(7-5-9-20-11-13-21(17-24)14-12-20)10-15-22-19(2)8-6-16-23(22,3)4/h5,7,9-11,13,15,17H,6,8,12,14,16H2,1-4H3/b9-5+,15-10+,18-7+. The fraction of sp³-hybridized carbons (Fsp3) is 0.435. The number of aldehydes is 1. The van der Waals surface area contributed by atoms with Crippen LogP contribution in [0.3, 0.4) is 0 Å². The highest BCUT2D eigenvalue weighted by Gasteiger charge is 2.26. The molecule has 0 unspecified atom stereocenters. The second-order valence-electron chi connectivity index (χ2n) is 7.64. The Hall–Kier alpha value is -1.89. The lowest BCUT2D eigenvalue weighted by Gasteiger charge is -2.32. The molecule has 0 atom stereocenters. The molecular weight excluding hydrogens is 292 g/mol. The van der Waals surface area contributed by atoms with Crippen LogP contribution in [0.2, 0.25) is 0 Å². The molecule has 0 spiro atoms. The second-order valence-corrected chi connectivity index (χ2v) is 7.64. The van der Waals surface area contributed by atoms with E-state index in [0.29, 0.717) is 5.41 Å². The van der Waals surface area contributed by atoms with Crippen molar-refractivity contribution in [3.63, 3.8) is 0 Å². The molecule has 0 saturated carbocycles. The summed E-state index contributed by atoms with van der Waals surface area (Å²) in [5.41, 5.74) is 6.77. The number of rotatable bonds is 5. The van der Waals surface area contributed by atoms with E-state index in [9.17, 15) is 4.79 Å². The molecule has 24 heavy (non-hydrogen) atoms. The number of carbonyl (C=O) groups is 1. The number of hydrogen-bond donors (Lipinski definition) is 0. The molecule has 2 aliphatic carbocycles. The first-order valence-electron chi connectivity index (χ1n) is 9.00. The van der Waals surface area contributed by atoms with Gasteiger partial charge in [-0.3, -0.25) is 4.79 Å². The molecule has 0 saturated heterocycles. The van der Waals surface area contributed by atoms with Crippen LogP contribution in [0.15, 0.2) is 70.4 Å². The van der Waals surface area contributed by atoms with Gasteiger partial charge >= 0.3 is 0 Å². The Bertz CT molecular complexity index is 660. The van der Waals surface area contributed by atoms with Gasteiger partial charge in [-0.15, -0.1) is 0 Å². The molecule has 0 aromatic carbocycles. The molecule has 0 N–H and O–H groups in total. The van der Waals surface area contributed by atoms with E-state index in [1.807, 2.05) is 12.2 Å². The summed E-state index contributed by atoms with van der Waals surface area (Å²) in [6, 6.07) is 0. The zero-order valence-corrected chi connectivity index (χ0v) is 15.6. The zero-order valence-electron chi connectivity index (χ0n) is 15.6. The molecule has 0 aliphatic heterocycles. The van der Waals surface area contributed by atoms with Gasteiger partial charge in [-0.2, -0.15) is 0 Å². The first-order valence-corrected chi connectivity index (χ1v) is 9.00. The lowest BCUT2D eigenvalue weighted by atomic mass is 9.72. The van der Waals surface area contributed by atoms with Gasteiger partial charge in [0.1, 0.15) is 6.29 Å². The van der Waals surface area contributed by atoms with Crippen LogP contribution >= 0.6 is 0 Å². The van der Waals surface area contributed by atoms with E-state index in [1.165, 1.54) is 41.6 Å². The highest BCUT2D eigenvalue weighted by molar-refractivity contribution is 5.74. The summed E-state index contributed by atoms with van der Waals surface area (Å²) in [4.78, 5) is 10.7. The number of carbonyl (C=O) groups excluding carboxylic acids is 1. The Morgan fingerprint density at radius 2 is 1.79 bits per heavy atom. The third-order valence-electron chi connectivity index (χ3n) is 5.09. The first kappa shape index (κ1) is 18.4. The lowest BCUT2D eigenvalue weighted by molar-refractivity contribution is -0.105. The monoisotopic (exact) mass is 322 g/mol. The predicted octanol–water partition coefficient (Wildman–Crippen LogP) is 6.42. The van der Waals surface area contributed by atoms with Gasteiger partial charge in [0.15, 0.2) is 0 Å². The fourth-order valence-corrected chi connectivity index (χ4v) is 3.51. The summed E-state index contributed by atoms with van der Waals surface area (Å²) in [6.07, 6.45) is 21.5. The maximum atomic E-state index is 10.7. The van der Waals surface area contributed by atoms with Crippen molar-refractivity contribution in [1.82, 2.24) is 0 Å². The van der Waals surface area contributed by atoms with Crippen LogP contribution in [0.1, 0.15) is 59.8 Å². The highest BCUT2D eigenvalue weighted by atomic mass is 16.1. The summed E-state index contributed by atoms with van der Waals surface area (Å²) in [5.74, 6) is 0. The van der Waals surface area contributed by atoms with Gasteiger partial charge < -0.3 is 0 Å². The van der Waals surface area contributed by atoms with E-state index in [1.54, 1.807) is 0 Å². The predicted molar refractivity (Wildman–Crippen MR) is 104 cm³/mol. The van der Waals surface area contributed by atoms with Crippen LogP contribution < -0.4 is 0 Å². The van der Waals surface area contributed by atoms with Crippen molar-refractivity contribution in [1.29, 1.82) is 0 Å². The van der Waals surface area contributed by atoms with Crippen LogP contribution in [-0.4, -0.2) is 6.29 Å². The molecule has 0 aromatic rings. The van der Waals surface area contributed by atoms with Gasteiger partial charge in [0, 0.05) is 0 Å². The third-order valence-corrected chi connectivity index (χ3v) is 5.09. The Morgan fingerprint density at radius 3 is 2.42 bits per heavy atom. The van der Waals surface area contributed by atoms with Gasteiger partial charge in [0.2, 0.25) is 0 Å². The molecule has 0 fully saturated rings. The van der Waals surface area contributed by atoms with E-state index >= 15 is 0 Å². The van der Waals surface area contributed by atoms with E-state index in [2.05, 4.69) is 58.1 Å². The van der Waals surface area contributed by atoms with Crippen molar-refractivity contribution in [3.05, 3.63) is 70.4 Å². The molecule has 0 radical (unpaired) electrons. The number of allylic oxidation sites excluding steroid dienone is 12. The SMILES string of the molecule is CC1=C(/C=C/C(C)=C/C=C/C2=CC=C(C=O)CC2)C(C)(C)CCC1. The maximum Gasteiger partial charge on any atom is 0.146 e. The summed E-state index contributed by atoms with van der Waals surface area (Å²) in [5, 5.41) is 0. The zero-order chi connectivity index (χ0) is 17.6. The molecule has 1 heteroatoms. The molecule has 0 bridgehead atoms. The molecule has 2 aliphatic rings. The largest absolute Gasteiger partial charge is 0.298 e. The number of hydrogen-bond acceptors (Lipinski definition) is 1. The lowest BCUT2D eigenvalue weighted by Crippen LogP contribution is -2.19. The van der Waals surface area contributed by atoms with Crippen LogP contribution in [0, 0.1) is 5.41 Å². The summed E-state index contributed by atoms with van der Waals surface area (Å²) in [7, 11) is 0. The Labute approximate surface area is 147 Å². The minimum absolute atomic E-state index is 0.296. The van der Waals surface area contributed by atoms with E-state index in [0.717, 1.165) is 24.7 Å². The Balaban J connectivity index is 2.02. The van der Waals surface area contributed by atoms with E-state index in [4.69, 9.17) is 0 Å². The van der Waals surface area contributed by atoms with Crippen molar-refractivity contribution >= 4 is 6.29 Å². The average Bonchev–Trinajstić information content (AvgIpc) is 2.54. The molecule has 0 heterocycles. The molecular formula is C23H30O. The van der Waals surface area contributed by atoms with Crippen molar-refractivity contribution in [2.75, 3.05) is 0 Å². The molecule has 128 valence electrons. The quantitative estimate of drug-likeness (QED) is 0.422.